The molecule has 1 aliphatic rings. The zero-order chi connectivity index (χ0) is 14.7. The number of nitrogens with one attached hydrogen (secondary N) is 1. The Balaban J connectivity index is 1.96. The van der Waals surface area contributed by atoms with Gasteiger partial charge in [-0.15, -0.1) is 0 Å². The van der Waals surface area contributed by atoms with Crippen LogP contribution in [-0.2, 0) is 6.54 Å². The summed E-state index contributed by atoms with van der Waals surface area (Å²) in [6, 6.07) is 5.61. The molecule has 1 fully saturated rings. The first-order valence-electron chi connectivity index (χ1n) is 7.68. The van der Waals surface area contributed by atoms with E-state index in [1.165, 1.54) is 31.2 Å². The fraction of sp³-hybridized carbons (Fsp3) is 0.647. The molecule has 112 valence electrons. The minimum Gasteiger partial charge on any atom is -0.507 e. The lowest BCUT2D eigenvalue weighted by molar-refractivity contribution is 0.170. The highest BCUT2D eigenvalue weighted by molar-refractivity contribution is 5.42. The molecule has 2 rings (SSSR count). The van der Waals surface area contributed by atoms with Crippen LogP contribution in [0.25, 0.3) is 0 Å². The van der Waals surface area contributed by atoms with Crippen LogP contribution < -0.4 is 5.32 Å². The molecule has 0 aromatic heterocycles. The van der Waals surface area contributed by atoms with Gasteiger partial charge in [-0.1, -0.05) is 12.1 Å². The van der Waals surface area contributed by atoms with Crippen LogP contribution in [-0.4, -0.2) is 36.2 Å². The zero-order valence-electron chi connectivity index (χ0n) is 13.2. The van der Waals surface area contributed by atoms with E-state index in [1.54, 1.807) is 0 Å². The Kier molecular flexibility index (Phi) is 5.06. The molecule has 0 radical (unpaired) electrons. The largest absolute Gasteiger partial charge is 0.507 e. The highest BCUT2D eigenvalue weighted by atomic mass is 16.3. The Bertz CT molecular complexity index is 427. The molecular formula is C17H28N2O. The lowest BCUT2D eigenvalue weighted by Crippen LogP contribution is -2.39. The highest BCUT2D eigenvalue weighted by Gasteiger charge is 2.23. The van der Waals surface area contributed by atoms with Crippen molar-refractivity contribution in [2.24, 2.45) is 0 Å². The lowest BCUT2D eigenvalue weighted by atomic mass is 9.90. The smallest absolute Gasteiger partial charge is 0.121 e. The minimum absolute atomic E-state index is 0.436. The van der Waals surface area contributed by atoms with E-state index in [4.69, 9.17) is 0 Å². The Morgan fingerprint density at radius 2 is 1.70 bits per heavy atom. The minimum atomic E-state index is 0.436. The van der Waals surface area contributed by atoms with Crippen molar-refractivity contribution >= 4 is 0 Å². The fourth-order valence-electron chi connectivity index (χ4n) is 3.36. The van der Waals surface area contributed by atoms with Gasteiger partial charge in [-0.2, -0.15) is 0 Å². The van der Waals surface area contributed by atoms with Gasteiger partial charge in [-0.3, -0.25) is 4.90 Å². The van der Waals surface area contributed by atoms with Crippen LogP contribution in [0.3, 0.4) is 0 Å². The second kappa shape index (κ2) is 6.59. The number of aromatic hydroxyl groups is 1. The van der Waals surface area contributed by atoms with Crippen molar-refractivity contribution < 1.29 is 5.11 Å². The van der Waals surface area contributed by atoms with Gasteiger partial charge in [0.1, 0.15) is 5.75 Å². The molecule has 1 aliphatic carbocycles. The fourth-order valence-corrected chi connectivity index (χ4v) is 3.36. The van der Waals surface area contributed by atoms with E-state index < -0.39 is 0 Å². The molecule has 1 saturated carbocycles. The van der Waals surface area contributed by atoms with Crippen LogP contribution in [0.5, 0.6) is 5.75 Å². The third kappa shape index (κ3) is 3.53. The number of rotatable bonds is 4. The molecule has 0 amide bonds. The molecule has 0 unspecified atom stereocenters. The highest BCUT2D eigenvalue weighted by Crippen LogP contribution is 2.26. The summed E-state index contributed by atoms with van der Waals surface area (Å²) in [5.74, 6) is 0.436. The van der Waals surface area contributed by atoms with Gasteiger partial charge in [0.25, 0.3) is 0 Å². The normalized spacial score (nSPS) is 23.2. The number of aryl methyl sites for hydroxylation is 2. The Morgan fingerprint density at radius 1 is 1.15 bits per heavy atom. The number of nitrogens with zero attached hydrogens (tertiary/aromatic N) is 1. The quantitative estimate of drug-likeness (QED) is 0.887. The van der Waals surface area contributed by atoms with Gasteiger partial charge in [-0.05, 0) is 70.3 Å². The molecule has 20 heavy (non-hydrogen) atoms. The molecule has 0 atom stereocenters. The molecule has 0 aliphatic heterocycles. The molecule has 3 nitrogen and oxygen atoms in total. The standard InChI is InChI=1S/C17H28N2O/c1-12-9-14(10-13(2)17(12)20)11-19(4)16-7-5-15(18-3)6-8-16/h9-10,15-16,18,20H,5-8,11H2,1-4H3. The van der Waals surface area contributed by atoms with Crippen LogP contribution in [0.1, 0.15) is 42.4 Å². The van der Waals surface area contributed by atoms with Crippen LogP contribution in [0.15, 0.2) is 12.1 Å². The van der Waals surface area contributed by atoms with Gasteiger partial charge in [-0.25, -0.2) is 0 Å². The first-order chi connectivity index (χ1) is 9.51. The summed E-state index contributed by atoms with van der Waals surface area (Å²) < 4.78 is 0. The van der Waals surface area contributed by atoms with E-state index in [-0.39, 0.29) is 0 Å². The molecule has 0 saturated heterocycles. The van der Waals surface area contributed by atoms with E-state index in [0.29, 0.717) is 17.8 Å². The van der Waals surface area contributed by atoms with E-state index in [2.05, 4.69) is 36.4 Å². The van der Waals surface area contributed by atoms with Crippen molar-refractivity contribution in [3.63, 3.8) is 0 Å². The summed E-state index contributed by atoms with van der Waals surface area (Å²) in [5.41, 5.74) is 3.26. The number of benzene rings is 1. The molecule has 0 spiro atoms. The Morgan fingerprint density at radius 3 is 2.20 bits per heavy atom. The van der Waals surface area contributed by atoms with Crippen LogP contribution in [0, 0.1) is 13.8 Å². The number of hydrogen-bond acceptors (Lipinski definition) is 3. The Hall–Kier alpha value is -1.06. The predicted octanol–water partition coefficient (Wildman–Crippen LogP) is 2.97. The second-order valence-electron chi connectivity index (χ2n) is 6.29. The van der Waals surface area contributed by atoms with Crippen molar-refractivity contribution in [2.75, 3.05) is 14.1 Å². The van der Waals surface area contributed by atoms with Gasteiger partial charge in [0.2, 0.25) is 0 Å². The topological polar surface area (TPSA) is 35.5 Å². The summed E-state index contributed by atoms with van der Waals surface area (Å²) >= 11 is 0. The van der Waals surface area contributed by atoms with Gasteiger partial charge in [0, 0.05) is 18.6 Å². The molecule has 1 aromatic carbocycles. The van der Waals surface area contributed by atoms with E-state index in [1.807, 2.05) is 13.8 Å². The van der Waals surface area contributed by atoms with E-state index >= 15 is 0 Å². The van der Waals surface area contributed by atoms with Crippen LogP contribution in [0.2, 0.25) is 0 Å². The van der Waals surface area contributed by atoms with Crippen LogP contribution >= 0.6 is 0 Å². The third-order valence-electron chi connectivity index (χ3n) is 4.71. The first-order valence-corrected chi connectivity index (χ1v) is 7.68. The first kappa shape index (κ1) is 15.3. The number of phenols is 1. The third-order valence-corrected chi connectivity index (χ3v) is 4.71. The summed E-state index contributed by atoms with van der Waals surface area (Å²) in [6.07, 6.45) is 5.11. The maximum Gasteiger partial charge on any atom is 0.121 e. The van der Waals surface area contributed by atoms with Crippen molar-refractivity contribution in [1.29, 1.82) is 0 Å². The van der Waals surface area contributed by atoms with Gasteiger partial charge < -0.3 is 10.4 Å². The maximum atomic E-state index is 9.85. The van der Waals surface area contributed by atoms with Crippen LogP contribution in [0.4, 0.5) is 0 Å². The molecule has 1 aromatic rings. The predicted molar refractivity (Wildman–Crippen MR) is 84.2 cm³/mol. The monoisotopic (exact) mass is 276 g/mol. The summed E-state index contributed by atoms with van der Waals surface area (Å²) in [7, 11) is 4.29. The number of phenolic OH excluding ortho intramolecular Hbond substituents is 1. The second-order valence-corrected chi connectivity index (χ2v) is 6.29. The van der Waals surface area contributed by atoms with Gasteiger partial charge in [0.15, 0.2) is 0 Å². The summed E-state index contributed by atoms with van der Waals surface area (Å²) in [4.78, 5) is 2.47. The van der Waals surface area contributed by atoms with Crippen molar-refractivity contribution in [3.05, 3.63) is 28.8 Å². The number of hydrogen-bond donors (Lipinski definition) is 2. The molecule has 2 N–H and O–H groups in total. The molecule has 0 heterocycles. The molecule has 3 heteroatoms. The zero-order valence-corrected chi connectivity index (χ0v) is 13.2. The van der Waals surface area contributed by atoms with Crippen molar-refractivity contribution in [1.82, 2.24) is 10.2 Å². The van der Waals surface area contributed by atoms with Gasteiger partial charge >= 0.3 is 0 Å². The molecular weight excluding hydrogens is 248 g/mol. The van der Waals surface area contributed by atoms with E-state index in [0.717, 1.165) is 17.7 Å². The SMILES string of the molecule is CNC1CCC(N(C)Cc2cc(C)c(O)c(C)c2)CC1. The average molecular weight is 276 g/mol. The Labute approximate surface area is 123 Å². The maximum absolute atomic E-state index is 9.85. The van der Waals surface area contributed by atoms with Gasteiger partial charge in [0.05, 0.1) is 0 Å². The average Bonchev–Trinajstić information content (AvgIpc) is 2.44. The summed E-state index contributed by atoms with van der Waals surface area (Å²) in [5, 5.41) is 13.2. The summed E-state index contributed by atoms with van der Waals surface area (Å²) in [6.45, 7) is 4.92. The molecule has 0 bridgehead atoms. The van der Waals surface area contributed by atoms with Crippen molar-refractivity contribution in [2.45, 2.75) is 58.2 Å². The lowest BCUT2D eigenvalue weighted by Gasteiger charge is -2.34. The van der Waals surface area contributed by atoms with Crippen molar-refractivity contribution in [3.8, 4) is 5.75 Å². The van der Waals surface area contributed by atoms with E-state index in [9.17, 15) is 5.11 Å².